The van der Waals surface area contributed by atoms with Crippen molar-refractivity contribution in [2.24, 2.45) is 12.0 Å². The molecule has 8 heteroatoms. The molecule has 0 amide bonds. The zero-order valence-corrected chi connectivity index (χ0v) is 17.0. The monoisotopic (exact) mass is 388 g/mol. The predicted octanol–water partition coefficient (Wildman–Crippen LogP) is 2.16. The number of benzene rings is 1. The second-order valence-electron chi connectivity index (χ2n) is 7.10. The number of guanidine groups is 1. The molecule has 28 heavy (non-hydrogen) atoms. The minimum atomic E-state index is -0.231. The van der Waals surface area contributed by atoms with Gasteiger partial charge in [-0.15, -0.1) is 0 Å². The number of halogens is 1. The van der Waals surface area contributed by atoms with E-state index in [2.05, 4.69) is 15.3 Å². The molecule has 1 fully saturated rings. The number of aromatic nitrogens is 2. The topological polar surface area (TPSA) is 57.9 Å². The summed E-state index contributed by atoms with van der Waals surface area (Å²) < 4.78 is 21.9. The van der Waals surface area contributed by atoms with Crippen molar-refractivity contribution < 1.29 is 9.13 Å². The summed E-state index contributed by atoms with van der Waals surface area (Å²) in [5.74, 6) is 0.586. The number of nitrogens with one attached hydrogen (secondary N) is 1. The fourth-order valence-electron chi connectivity index (χ4n) is 3.25. The Kier molecular flexibility index (Phi) is 6.51. The molecule has 0 saturated carbocycles. The van der Waals surface area contributed by atoms with Gasteiger partial charge < -0.3 is 19.9 Å². The molecule has 1 N–H and O–H groups in total. The Morgan fingerprint density at radius 3 is 2.89 bits per heavy atom. The smallest absolute Gasteiger partial charge is 0.194 e. The van der Waals surface area contributed by atoms with Crippen LogP contribution in [0.25, 0.3) is 0 Å². The Labute approximate surface area is 165 Å². The zero-order chi connectivity index (χ0) is 20.1. The molecule has 7 nitrogen and oxygen atoms in total. The molecule has 1 atom stereocenters. The summed E-state index contributed by atoms with van der Waals surface area (Å²) in [7, 11) is 5.56. The van der Waals surface area contributed by atoms with Gasteiger partial charge in [0, 0.05) is 46.0 Å². The lowest BCUT2D eigenvalue weighted by Gasteiger charge is -2.34. The van der Waals surface area contributed by atoms with Gasteiger partial charge in [-0.3, -0.25) is 4.68 Å². The second-order valence-corrected chi connectivity index (χ2v) is 7.10. The van der Waals surface area contributed by atoms with Gasteiger partial charge in [0.05, 0.1) is 31.6 Å². The highest BCUT2D eigenvalue weighted by atomic mass is 19.1. The SMILES string of the molecule is CCNC(=NCc1ccc(N(C)C)c(F)c1)N1CCOC(c2cnn(C)c2)C1. The van der Waals surface area contributed by atoms with Gasteiger partial charge in [-0.1, -0.05) is 6.07 Å². The largest absolute Gasteiger partial charge is 0.375 e. The van der Waals surface area contributed by atoms with Crippen molar-refractivity contribution in [3.8, 4) is 0 Å². The molecular formula is C20H29FN6O. The number of aryl methyl sites for hydroxylation is 1. The van der Waals surface area contributed by atoms with E-state index in [1.54, 1.807) is 21.7 Å². The van der Waals surface area contributed by atoms with Crippen molar-refractivity contribution in [1.29, 1.82) is 0 Å². The summed E-state index contributed by atoms with van der Waals surface area (Å²) in [4.78, 5) is 8.68. The number of rotatable bonds is 5. The molecule has 1 saturated heterocycles. The minimum Gasteiger partial charge on any atom is -0.375 e. The molecule has 1 aliphatic heterocycles. The molecule has 152 valence electrons. The fraction of sp³-hybridized carbons (Fsp3) is 0.500. The van der Waals surface area contributed by atoms with Crippen LogP contribution >= 0.6 is 0 Å². The molecular weight excluding hydrogens is 359 g/mol. The van der Waals surface area contributed by atoms with Gasteiger partial charge >= 0.3 is 0 Å². The Morgan fingerprint density at radius 1 is 1.43 bits per heavy atom. The third kappa shape index (κ3) is 4.81. The minimum absolute atomic E-state index is 0.0388. The van der Waals surface area contributed by atoms with Gasteiger partial charge in [-0.05, 0) is 24.6 Å². The lowest BCUT2D eigenvalue weighted by molar-refractivity contribution is -0.00805. The third-order valence-corrected chi connectivity index (χ3v) is 4.70. The summed E-state index contributed by atoms with van der Waals surface area (Å²) in [6.45, 7) is 5.31. The highest BCUT2D eigenvalue weighted by molar-refractivity contribution is 5.80. The normalized spacial score (nSPS) is 17.7. The standard InChI is InChI=1S/C20H29FN6O/c1-5-22-20(23-11-15-6-7-18(25(2)3)17(21)10-15)27-8-9-28-19(14-27)16-12-24-26(4)13-16/h6-7,10,12-13,19H,5,8-9,11,14H2,1-4H3,(H,22,23). The van der Waals surface area contributed by atoms with Gasteiger partial charge in [0.15, 0.2) is 5.96 Å². The number of ether oxygens (including phenoxy) is 1. The number of nitrogens with zero attached hydrogens (tertiary/aromatic N) is 5. The molecule has 0 spiro atoms. The van der Waals surface area contributed by atoms with Crippen LogP contribution in [-0.4, -0.2) is 61.0 Å². The fourth-order valence-corrected chi connectivity index (χ4v) is 3.25. The first-order chi connectivity index (χ1) is 13.5. The first-order valence-corrected chi connectivity index (χ1v) is 9.57. The van der Waals surface area contributed by atoms with E-state index in [1.165, 1.54) is 0 Å². The Hall–Kier alpha value is -2.61. The lowest BCUT2D eigenvalue weighted by atomic mass is 10.1. The summed E-state index contributed by atoms with van der Waals surface area (Å²) in [5.41, 5.74) is 2.48. The molecule has 0 bridgehead atoms. The third-order valence-electron chi connectivity index (χ3n) is 4.70. The summed E-state index contributed by atoms with van der Waals surface area (Å²) in [6, 6.07) is 5.27. The molecule has 2 heterocycles. The molecule has 0 radical (unpaired) electrons. The molecule has 3 rings (SSSR count). The zero-order valence-electron chi connectivity index (χ0n) is 17.0. The first-order valence-electron chi connectivity index (χ1n) is 9.57. The van der Waals surface area contributed by atoms with E-state index in [4.69, 9.17) is 9.73 Å². The number of hydrogen-bond acceptors (Lipinski definition) is 4. The highest BCUT2D eigenvalue weighted by Gasteiger charge is 2.25. The quantitative estimate of drug-likeness (QED) is 0.628. The predicted molar refractivity (Wildman–Crippen MR) is 109 cm³/mol. The van der Waals surface area contributed by atoms with Crippen molar-refractivity contribution in [2.45, 2.75) is 19.6 Å². The number of hydrogen-bond donors (Lipinski definition) is 1. The average molecular weight is 388 g/mol. The van der Waals surface area contributed by atoms with Crippen molar-refractivity contribution in [3.63, 3.8) is 0 Å². The molecule has 1 aromatic carbocycles. The number of aliphatic imine (C=N–C) groups is 1. The Bertz CT molecular complexity index is 819. The van der Waals surface area contributed by atoms with E-state index < -0.39 is 0 Å². The van der Waals surface area contributed by atoms with Crippen molar-refractivity contribution >= 4 is 11.6 Å². The van der Waals surface area contributed by atoms with E-state index in [1.807, 2.05) is 46.5 Å². The second kappa shape index (κ2) is 9.05. The summed E-state index contributed by atoms with van der Waals surface area (Å²) >= 11 is 0. The van der Waals surface area contributed by atoms with E-state index in [0.29, 0.717) is 25.4 Å². The Balaban J connectivity index is 1.72. The van der Waals surface area contributed by atoms with Crippen LogP contribution in [0, 0.1) is 5.82 Å². The molecule has 1 unspecified atom stereocenters. The van der Waals surface area contributed by atoms with Crippen LogP contribution < -0.4 is 10.2 Å². The maximum atomic E-state index is 14.2. The molecule has 2 aromatic rings. The van der Waals surface area contributed by atoms with E-state index in [-0.39, 0.29) is 11.9 Å². The van der Waals surface area contributed by atoms with Gasteiger partial charge in [0.2, 0.25) is 0 Å². The molecule has 1 aromatic heterocycles. The van der Waals surface area contributed by atoms with Gasteiger partial charge in [0.1, 0.15) is 11.9 Å². The van der Waals surface area contributed by atoms with Crippen molar-refractivity contribution in [3.05, 3.63) is 47.5 Å². The Morgan fingerprint density at radius 2 is 2.25 bits per heavy atom. The molecule has 0 aliphatic carbocycles. The average Bonchev–Trinajstić information content (AvgIpc) is 3.11. The van der Waals surface area contributed by atoms with Crippen LogP contribution in [0.1, 0.15) is 24.2 Å². The lowest BCUT2D eigenvalue weighted by Crippen LogP contribution is -2.48. The summed E-state index contributed by atoms with van der Waals surface area (Å²) in [6.07, 6.45) is 3.78. The van der Waals surface area contributed by atoms with E-state index >= 15 is 0 Å². The van der Waals surface area contributed by atoms with Gasteiger partial charge in [0.25, 0.3) is 0 Å². The number of anilines is 1. The van der Waals surface area contributed by atoms with E-state index in [0.717, 1.165) is 30.2 Å². The maximum Gasteiger partial charge on any atom is 0.194 e. The van der Waals surface area contributed by atoms with Crippen molar-refractivity contribution in [1.82, 2.24) is 20.0 Å². The van der Waals surface area contributed by atoms with Crippen molar-refractivity contribution in [2.75, 3.05) is 45.2 Å². The van der Waals surface area contributed by atoms with Crippen LogP contribution in [0.15, 0.2) is 35.6 Å². The first kappa shape index (κ1) is 20.1. The van der Waals surface area contributed by atoms with Gasteiger partial charge in [-0.25, -0.2) is 9.38 Å². The van der Waals surface area contributed by atoms with E-state index in [9.17, 15) is 4.39 Å². The molecule has 1 aliphatic rings. The summed E-state index contributed by atoms with van der Waals surface area (Å²) in [5, 5.41) is 7.58. The van der Waals surface area contributed by atoms with Crippen LogP contribution in [0.4, 0.5) is 10.1 Å². The maximum absolute atomic E-state index is 14.2. The van der Waals surface area contributed by atoms with Crippen LogP contribution in [0.5, 0.6) is 0 Å². The van der Waals surface area contributed by atoms with Crippen LogP contribution in [0.2, 0.25) is 0 Å². The van der Waals surface area contributed by atoms with Crippen LogP contribution in [0.3, 0.4) is 0 Å². The number of morpholine rings is 1. The van der Waals surface area contributed by atoms with Crippen LogP contribution in [-0.2, 0) is 18.3 Å². The highest BCUT2D eigenvalue weighted by Crippen LogP contribution is 2.22. The van der Waals surface area contributed by atoms with Gasteiger partial charge in [-0.2, -0.15) is 5.10 Å².